The molecule has 0 radical (unpaired) electrons. The van der Waals surface area contributed by atoms with Crippen molar-refractivity contribution in [2.45, 2.75) is 38.5 Å². The van der Waals surface area contributed by atoms with Gasteiger partial charge in [-0.3, -0.25) is 9.80 Å². The van der Waals surface area contributed by atoms with Gasteiger partial charge in [-0.15, -0.1) is 0 Å². The second kappa shape index (κ2) is 18.2. The number of nitrogens with two attached hydrogens (primary N) is 1. The van der Waals surface area contributed by atoms with E-state index in [-0.39, 0.29) is 6.54 Å². The summed E-state index contributed by atoms with van der Waals surface area (Å²) < 4.78 is 30.5. The van der Waals surface area contributed by atoms with Crippen molar-refractivity contribution in [2.24, 2.45) is 0 Å². The highest BCUT2D eigenvalue weighted by Crippen LogP contribution is 2.28. The summed E-state index contributed by atoms with van der Waals surface area (Å²) in [6.45, 7) is 5.15. The van der Waals surface area contributed by atoms with E-state index < -0.39 is 6.36 Å². The lowest BCUT2D eigenvalue weighted by Gasteiger charge is -2.28. The SMILES string of the molecule is COc1ccc2[nH]cc(CC3=CCCN(CC(F)Oc4ccccc4)C3)c2c1.COc1ccc2[nH]cc(CC3=CCCN(CCc4ccc(N)cc4)C3)c2c1. The molecule has 2 aliphatic rings. The van der Waals surface area contributed by atoms with Crippen LogP contribution in [-0.4, -0.2) is 79.6 Å². The Bertz CT molecular complexity index is 2210. The highest BCUT2D eigenvalue weighted by Gasteiger charge is 2.20. The molecule has 6 aromatic rings. The van der Waals surface area contributed by atoms with E-state index in [9.17, 15) is 4.39 Å². The number of nitrogen functional groups attached to an aromatic ring is 1. The van der Waals surface area contributed by atoms with Crippen LogP contribution in [0.2, 0.25) is 0 Å². The number of hydrogen-bond acceptors (Lipinski definition) is 6. The van der Waals surface area contributed by atoms with Crippen molar-refractivity contribution >= 4 is 27.5 Å². The maximum absolute atomic E-state index is 14.4. The molecular weight excluding hydrogens is 690 g/mol. The zero-order valence-corrected chi connectivity index (χ0v) is 31.9. The predicted octanol–water partition coefficient (Wildman–Crippen LogP) is 8.90. The number of hydrogen-bond donors (Lipinski definition) is 3. The first-order chi connectivity index (χ1) is 26.9. The van der Waals surface area contributed by atoms with Gasteiger partial charge in [0.15, 0.2) is 0 Å². The highest BCUT2D eigenvalue weighted by molar-refractivity contribution is 5.85. The van der Waals surface area contributed by atoms with Gasteiger partial charge in [0.2, 0.25) is 0 Å². The van der Waals surface area contributed by atoms with Crippen molar-refractivity contribution in [2.75, 3.05) is 59.2 Å². The van der Waals surface area contributed by atoms with E-state index in [0.29, 0.717) is 5.75 Å². The standard InChI is InChI=1S/C23H25FN2O2.C23H27N3O/c1-27-20-9-10-22-21(13-20)18(14-25-22)12-17-6-5-11-26(15-17)16-23(24)28-19-7-3-2-4-8-19;1-27-21-8-9-23-22(14-21)19(15-25-23)13-18-3-2-11-26(16-18)12-10-17-4-6-20(24)7-5-17/h2-4,6-10,13-14,23,25H,5,11-12,15-16H2,1H3;3-9,14-15,25H,2,10-13,16,24H2,1H3. The van der Waals surface area contributed by atoms with Crippen molar-refractivity contribution in [1.82, 2.24) is 19.8 Å². The quantitative estimate of drug-likeness (QED) is 0.0810. The lowest BCUT2D eigenvalue weighted by molar-refractivity contribution is 0.0315. The molecule has 9 heteroatoms. The summed E-state index contributed by atoms with van der Waals surface area (Å²) in [5.74, 6) is 2.33. The fourth-order valence-corrected chi connectivity index (χ4v) is 7.58. The van der Waals surface area contributed by atoms with Gasteiger partial charge in [0, 0.05) is 72.6 Å². The normalized spacial score (nSPS) is 15.5. The van der Waals surface area contributed by atoms with Gasteiger partial charge in [-0.1, -0.05) is 53.6 Å². The van der Waals surface area contributed by atoms with Crippen LogP contribution >= 0.6 is 0 Å². The summed E-state index contributed by atoms with van der Waals surface area (Å²) in [6, 6.07) is 29.7. The minimum atomic E-state index is -1.33. The summed E-state index contributed by atoms with van der Waals surface area (Å²) in [4.78, 5) is 11.4. The van der Waals surface area contributed by atoms with E-state index in [1.54, 1.807) is 26.4 Å². The van der Waals surface area contributed by atoms with Gasteiger partial charge in [0.1, 0.15) is 17.2 Å². The maximum Gasteiger partial charge on any atom is 0.251 e. The molecule has 0 aliphatic carbocycles. The number of ether oxygens (including phenoxy) is 3. The number of alkyl halides is 1. The molecule has 0 amide bonds. The van der Waals surface area contributed by atoms with Crippen LogP contribution in [0.5, 0.6) is 17.2 Å². The van der Waals surface area contributed by atoms with E-state index in [0.717, 1.165) is 87.5 Å². The fourth-order valence-electron chi connectivity index (χ4n) is 7.58. The lowest BCUT2D eigenvalue weighted by atomic mass is 10.00. The molecule has 55 heavy (non-hydrogen) atoms. The molecule has 1 unspecified atom stereocenters. The third-order valence-electron chi connectivity index (χ3n) is 10.5. The van der Waals surface area contributed by atoms with Gasteiger partial charge in [-0.05, 0) is 109 Å². The van der Waals surface area contributed by atoms with Crippen LogP contribution < -0.4 is 19.9 Å². The first kappa shape index (κ1) is 37.8. The zero-order valence-electron chi connectivity index (χ0n) is 31.9. The number of halogens is 1. The van der Waals surface area contributed by atoms with Gasteiger partial charge < -0.3 is 29.9 Å². The fraction of sp³-hybridized carbons (Fsp3) is 0.304. The average Bonchev–Trinajstić information content (AvgIpc) is 3.81. The van der Waals surface area contributed by atoms with E-state index in [1.807, 2.05) is 48.5 Å². The number of fused-ring (bicyclic) bond motifs is 2. The van der Waals surface area contributed by atoms with Gasteiger partial charge >= 0.3 is 0 Å². The number of benzene rings is 4. The van der Waals surface area contributed by atoms with Crippen LogP contribution in [0.4, 0.5) is 10.1 Å². The maximum atomic E-state index is 14.4. The summed E-state index contributed by atoms with van der Waals surface area (Å²) in [5, 5.41) is 2.43. The van der Waals surface area contributed by atoms with Crippen LogP contribution in [-0.2, 0) is 19.3 Å². The summed E-state index contributed by atoms with van der Waals surface area (Å²) in [7, 11) is 3.40. The van der Waals surface area contributed by atoms with E-state index in [1.165, 1.54) is 44.1 Å². The molecule has 0 saturated heterocycles. The number of anilines is 1. The molecule has 4 N–H and O–H groups in total. The molecule has 0 bridgehead atoms. The Morgan fingerprint density at radius 1 is 0.691 bits per heavy atom. The first-order valence-electron chi connectivity index (χ1n) is 19.2. The number of aromatic amines is 2. The third-order valence-corrected chi connectivity index (χ3v) is 10.5. The zero-order chi connectivity index (χ0) is 38.0. The molecule has 2 aromatic heterocycles. The molecule has 4 heterocycles. The van der Waals surface area contributed by atoms with Crippen LogP contribution in [0.15, 0.2) is 127 Å². The smallest absolute Gasteiger partial charge is 0.251 e. The number of H-pyrrole nitrogens is 2. The van der Waals surface area contributed by atoms with Crippen LogP contribution in [0.25, 0.3) is 21.8 Å². The Balaban J connectivity index is 0.000000169. The van der Waals surface area contributed by atoms with Crippen molar-refractivity contribution in [3.63, 3.8) is 0 Å². The molecule has 1 atom stereocenters. The van der Waals surface area contributed by atoms with Crippen molar-refractivity contribution in [1.29, 1.82) is 0 Å². The molecule has 0 fully saturated rings. The van der Waals surface area contributed by atoms with Crippen LogP contribution in [0, 0.1) is 0 Å². The molecule has 0 saturated carbocycles. The molecule has 0 spiro atoms. The third kappa shape index (κ3) is 10.2. The summed E-state index contributed by atoms with van der Waals surface area (Å²) in [5.41, 5.74) is 15.6. The van der Waals surface area contributed by atoms with Crippen LogP contribution in [0.1, 0.15) is 29.5 Å². The summed E-state index contributed by atoms with van der Waals surface area (Å²) >= 11 is 0. The van der Waals surface area contributed by atoms with E-state index in [2.05, 4.69) is 74.6 Å². The number of nitrogens with one attached hydrogen (secondary N) is 2. The van der Waals surface area contributed by atoms with Gasteiger partial charge in [-0.25, -0.2) is 4.39 Å². The largest absolute Gasteiger partial charge is 0.497 e. The minimum Gasteiger partial charge on any atom is -0.497 e. The second-order valence-electron chi connectivity index (χ2n) is 14.5. The van der Waals surface area contributed by atoms with E-state index in [4.69, 9.17) is 19.9 Å². The Hall–Kier alpha value is -5.51. The Kier molecular flexibility index (Phi) is 12.5. The van der Waals surface area contributed by atoms with Gasteiger partial charge in [0.25, 0.3) is 6.36 Å². The van der Waals surface area contributed by atoms with Crippen molar-refractivity contribution < 1.29 is 18.6 Å². The van der Waals surface area contributed by atoms with E-state index >= 15 is 0 Å². The number of nitrogens with zero attached hydrogens (tertiary/aromatic N) is 2. The van der Waals surface area contributed by atoms with Crippen molar-refractivity contribution in [3.8, 4) is 17.2 Å². The summed E-state index contributed by atoms with van der Waals surface area (Å²) in [6.07, 6.45) is 12.5. The molecule has 286 valence electrons. The highest BCUT2D eigenvalue weighted by atomic mass is 19.1. The second-order valence-corrected chi connectivity index (χ2v) is 14.5. The Morgan fingerprint density at radius 2 is 1.25 bits per heavy atom. The molecule has 8 rings (SSSR count). The molecule has 4 aromatic carbocycles. The Labute approximate surface area is 323 Å². The first-order valence-corrected chi connectivity index (χ1v) is 19.2. The van der Waals surface area contributed by atoms with Crippen molar-refractivity contribution in [3.05, 3.63) is 143 Å². The topological polar surface area (TPSA) is 91.8 Å². The number of para-hydroxylation sites is 1. The number of rotatable bonds is 13. The van der Waals surface area contributed by atoms with Crippen LogP contribution in [0.3, 0.4) is 0 Å². The molecule has 2 aliphatic heterocycles. The number of aromatic nitrogens is 2. The average molecular weight is 742 g/mol. The van der Waals surface area contributed by atoms with Gasteiger partial charge in [0.05, 0.1) is 20.8 Å². The monoisotopic (exact) mass is 741 g/mol. The minimum absolute atomic E-state index is 0.272. The predicted molar refractivity (Wildman–Crippen MR) is 222 cm³/mol. The Morgan fingerprint density at radius 3 is 1.84 bits per heavy atom. The number of methoxy groups -OCH3 is 2. The lowest BCUT2D eigenvalue weighted by Crippen LogP contribution is -2.37. The van der Waals surface area contributed by atoms with Gasteiger partial charge in [-0.2, -0.15) is 0 Å². The molecule has 8 nitrogen and oxygen atoms in total. The molecular formula is C46H52FN5O3.